The van der Waals surface area contributed by atoms with E-state index in [0.717, 1.165) is 6.54 Å². The van der Waals surface area contributed by atoms with Gasteiger partial charge in [-0.05, 0) is 32.1 Å². The van der Waals surface area contributed by atoms with Crippen molar-refractivity contribution in [1.29, 1.82) is 0 Å². The van der Waals surface area contributed by atoms with Gasteiger partial charge < -0.3 is 25.6 Å². The molecule has 1 amide bonds. The second kappa shape index (κ2) is 9.47. The number of phenols is 1. The standard InChI is InChI=1S/C16H23N3O4/c1-4-18-6-5-15(17)19-16(21)12-7-13(20)9-14(8-12)23-11(2)10-22-3/h5-9,11,18,20H,4,10H2,1-3H3,(H2,17,19,21)/b6-5-/t11-/m0/s1. The Hall–Kier alpha value is -2.54. The van der Waals surface area contributed by atoms with Crippen LogP contribution in [-0.4, -0.2) is 43.2 Å². The number of aromatic hydroxyl groups is 1. The Kier molecular flexibility index (Phi) is 7.62. The zero-order valence-electron chi connectivity index (χ0n) is 13.6. The number of hydrogen-bond acceptors (Lipinski definition) is 5. The van der Waals surface area contributed by atoms with Crippen molar-refractivity contribution in [3.8, 4) is 11.5 Å². The van der Waals surface area contributed by atoms with Crippen LogP contribution < -0.4 is 15.8 Å². The molecule has 0 heterocycles. The van der Waals surface area contributed by atoms with Crippen molar-refractivity contribution in [1.82, 2.24) is 5.32 Å². The lowest BCUT2D eigenvalue weighted by molar-refractivity contribution is 0.0914. The molecule has 7 nitrogen and oxygen atoms in total. The normalized spacial score (nSPS) is 13.1. The van der Waals surface area contributed by atoms with Gasteiger partial charge in [0, 0.05) is 31.5 Å². The van der Waals surface area contributed by atoms with Gasteiger partial charge in [-0.15, -0.1) is 0 Å². The third-order valence-electron chi connectivity index (χ3n) is 2.68. The van der Waals surface area contributed by atoms with Crippen molar-refractivity contribution >= 4 is 11.7 Å². The summed E-state index contributed by atoms with van der Waals surface area (Å²) in [7, 11) is 1.57. The molecule has 4 N–H and O–H groups in total. The van der Waals surface area contributed by atoms with Crippen molar-refractivity contribution in [3.63, 3.8) is 0 Å². The van der Waals surface area contributed by atoms with Crippen LogP contribution in [0, 0.1) is 0 Å². The van der Waals surface area contributed by atoms with E-state index >= 15 is 0 Å². The van der Waals surface area contributed by atoms with Crippen LogP contribution in [0.15, 0.2) is 35.5 Å². The average molecular weight is 321 g/mol. The SMILES string of the molecule is CCN/C=C\C(N)=NC(=O)c1cc(O)cc(O[C@@H](C)COC)c1. The Morgan fingerprint density at radius 1 is 1.48 bits per heavy atom. The molecule has 0 aliphatic carbocycles. The van der Waals surface area contributed by atoms with E-state index < -0.39 is 5.91 Å². The number of aliphatic imine (C=N–C) groups is 1. The molecule has 1 aromatic rings. The van der Waals surface area contributed by atoms with Crippen molar-refractivity contribution in [2.75, 3.05) is 20.3 Å². The molecule has 0 bridgehead atoms. The van der Waals surface area contributed by atoms with Crippen LogP contribution in [0.3, 0.4) is 0 Å². The van der Waals surface area contributed by atoms with Crippen molar-refractivity contribution in [3.05, 3.63) is 36.0 Å². The fourth-order valence-corrected chi connectivity index (χ4v) is 1.76. The van der Waals surface area contributed by atoms with Gasteiger partial charge in [0.25, 0.3) is 5.91 Å². The van der Waals surface area contributed by atoms with E-state index in [9.17, 15) is 9.90 Å². The zero-order chi connectivity index (χ0) is 17.2. The summed E-state index contributed by atoms with van der Waals surface area (Å²) in [4.78, 5) is 15.8. The van der Waals surface area contributed by atoms with Gasteiger partial charge in [0.1, 0.15) is 23.4 Å². The number of amidine groups is 1. The predicted molar refractivity (Wildman–Crippen MR) is 88.8 cm³/mol. The first-order valence-corrected chi connectivity index (χ1v) is 7.24. The smallest absolute Gasteiger partial charge is 0.279 e. The number of hydrogen-bond donors (Lipinski definition) is 3. The highest BCUT2D eigenvalue weighted by atomic mass is 16.5. The molecule has 0 aromatic heterocycles. The molecular weight excluding hydrogens is 298 g/mol. The van der Waals surface area contributed by atoms with Crippen molar-refractivity contribution in [2.24, 2.45) is 10.7 Å². The molecule has 0 aliphatic heterocycles. The number of benzene rings is 1. The van der Waals surface area contributed by atoms with Crippen LogP contribution in [-0.2, 0) is 4.74 Å². The van der Waals surface area contributed by atoms with E-state index in [1.165, 1.54) is 24.3 Å². The molecular formula is C16H23N3O4. The highest BCUT2D eigenvalue weighted by Gasteiger charge is 2.11. The first-order valence-electron chi connectivity index (χ1n) is 7.24. The van der Waals surface area contributed by atoms with E-state index in [1.807, 2.05) is 13.8 Å². The Balaban J connectivity index is 2.88. The van der Waals surface area contributed by atoms with Gasteiger partial charge in [0.15, 0.2) is 0 Å². The minimum absolute atomic E-state index is 0.0644. The third kappa shape index (κ3) is 6.84. The lowest BCUT2D eigenvalue weighted by Crippen LogP contribution is -2.18. The van der Waals surface area contributed by atoms with Crippen LogP contribution in [0.25, 0.3) is 0 Å². The monoisotopic (exact) mass is 321 g/mol. The van der Waals surface area contributed by atoms with Gasteiger partial charge in [-0.25, -0.2) is 0 Å². The molecule has 0 fully saturated rings. The van der Waals surface area contributed by atoms with E-state index in [-0.39, 0.29) is 23.3 Å². The number of carbonyl (C=O) groups excluding carboxylic acids is 1. The zero-order valence-corrected chi connectivity index (χ0v) is 13.6. The molecule has 1 aromatic carbocycles. The second-order valence-corrected chi connectivity index (χ2v) is 4.83. The highest BCUT2D eigenvalue weighted by Crippen LogP contribution is 2.23. The molecule has 23 heavy (non-hydrogen) atoms. The molecule has 0 saturated heterocycles. The summed E-state index contributed by atoms with van der Waals surface area (Å²) in [6.45, 7) is 4.88. The van der Waals surface area contributed by atoms with Gasteiger partial charge in [0.2, 0.25) is 0 Å². The Bertz CT molecular complexity index is 585. The number of amides is 1. The number of nitrogens with zero attached hydrogens (tertiary/aromatic N) is 1. The third-order valence-corrected chi connectivity index (χ3v) is 2.68. The number of rotatable bonds is 8. The maximum absolute atomic E-state index is 12.1. The molecule has 0 aliphatic rings. The van der Waals surface area contributed by atoms with Gasteiger partial charge in [0.05, 0.1) is 6.61 Å². The Morgan fingerprint density at radius 3 is 2.87 bits per heavy atom. The average Bonchev–Trinajstić information content (AvgIpc) is 2.47. The quantitative estimate of drug-likeness (QED) is 0.494. The fraction of sp³-hybridized carbons (Fsp3) is 0.375. The van der Waals surface area contributed by atoms with E-state index in [1.54, 1.807) is 13.3 Å². The summed E-state index contributed by atoms with van der Waals surface area (Å²) in [6, 6.07) is 4.22. The molecule has 1 atom stereocenters. The summed E-state index contributed by atoms with van der Waals surface area (Å²) in [6.07, 6.45) is 2.87. The first kappa shape index (κ1) is 18.5. The fourth-order valence-electron chi connectivity index (χ4n) is 1.76. The lowest BCUT2D eigenvalue weighted by atomic mass is 10.2. The highest BCUT2D eigenvalue weighted by molar-refractivity contribution is 6.06. The van der Waals surface area contributed by atoms with Crippen molar-refractivity contribution < 1.29 is 19.4 Å². The number of methoxy groups -OCH3 is 1. The lowest BCUT2D eigenvalue weighted by Gasteiger charge is -2.14. The molecule has 0 spiro atoms. The molecule has 0 unspecified atom stereocenters. The maximum Gasteiger partial charge on any atom is 0.279 e. The number of nitrogens with one attached hydrogen (secondary N) is 1. The molecule has 1 rings (SSSR count). The van der Waals surface area contributed by atoms with Crippen LogP contribution in [0.1, 0.15) is 24.2 Å². The Morgan fingerprint density at radius 2 is 2.22 bits per heavy atom. The summed E-state index contributed by atoms with van der Waals surface area (Å²) in [5.41, 5.74) is 5.83. The van der Waals surface area contributed by atoms with Crippen LogP contribution in [0.2, 0.25) is 0 Å². The van der Waals surface area contributed by atoms with Crippen LogP contribution >= 0.6 is 0 Å². The summed E-state index contributed by atoms with van der Waals surface area (Å²) in [5.74, 6) is -0.236. The summed E-state index contributed by atoms with van der Waals surface area (Å²) < 4.78 is 10.5. The molecule has 126 valence electrons. The molecule has 0 radical (unpaired) electrons. The van der Waals surface area contributed by atoms with Crippen molar-refractivity contribution in [2.45, 2.75) is 20.0 Å². The minimum Gasteiger partial charge on any atom is -0.508 e. The number of carbonyl (C=O) groups is 1. The maximum atomic E-state index is 12.1. The summed E-state index contributed by atoms with van der Waals surface area (Å²) >= 11 is 0. The number of ether oxygens (including phenoxy) is 2. The second-order valence-electron chi connectivity index (χ2n) is 4.83. The topological polar surface area (TPSA) is 106 Å². The first-order chi connectivity index (χ1) is 11.0. The van der Waals surface area contributed by atoms with Gasteiger partial charge in [-0.2, -0.15) is 4.99 Å². The van der Waals surface area contributed by atoms with E-state index in [2.05, 4.69) is 10.3 Å². The van der Waals surface area contributed by atoms with Crippen LogP contribution in [0.5, 0.6) is 11.5 Å². The number of nitrogens with two attached hydrogens (primary N) is 1. The Labute approximate surface area is 135 Å². The minimum atomic E-state index is -0.566. The largest absolute Gasteiger partial charge is 0.508 e. The summed E-state index contributed by atoms with van der Waals surface area (Å²) in [5, 5.41) is 12.6. The number of phenolic OH excluding ortho intramolecular Hbond substituents is 1. The van der Waals surface area contributed by atoms with E-state index in [0.29, 0.717) is 12.4 Å². The van der Waals surface area contributed by atoms with Crippen LogP contribution in [0.4, 0.5) is 0 Å². The predicted octanol–water partition coefficient (Wildman–Crippen LogP) is 1.43. The molecule has 7 heteroatoms. The van der Waals surface area contributed by atoms with E-state index in [4.69, 9.17) is 15.2 Å². The van der Waals surface area contributed by atoms with Gasteiger partial charge in [-0.1, -0.05) is 0 Å². The van der Waals surface area contributed by atoms with Gasteiger partial charge in [-0.3, -0.25) is 4.79 Å². The molecule has 0 saturated carbocycles. The van der Waals surface area contributed by atoms with Gasteiger partial charge >= 0.3 is 0 Å².